The predicted octanol–water partition coefficient (Wildman–Crippen LogP) is 2.71. The lowest BCUT2D eigenvalue weighted by atomic mass is 10.2. The minimum Gasteiger partial charge on any atom is -0.464 e. The molecule has 0 saturated heterocycles. The van der Waals surface area contributed by atoms with Crippen molar-refractivity contribution in [1.29, 1.82) is 0 Å². The molecule has 21 heavy (non-hydrogen) atoms. The molecule has 0 unspecified atom stereocenters. The summed E-state index contributed by atoms with van der Waals surface area (Å²) in [7, 11) is 3.70. The molecule has 0 amide bonds. The van der Waals surface area contributed by atoms with E-state index >= 15 is 0 Å². The number of nitrogens with one attached hydrogen (secondary N) is 1. The highest BCUT2D eigenvalue weighted by atomic mass is 79.9. The molecule has 0 aliphatic rings. The highest BCUT2D eigenvalue weighted by Crippen LogP contribution is 2.17. The molecule has 6 nitrogen and oxygen atoms in total. The number of nitrogens with zero attached hydrogens (tertiary/aromatic N) is 4. The van der Waals surface area contributed by atoms with Gasteiger partial charge in [0.05, 0.1) is 6.61 Å². The molecule has 0 radical (unpaired) electrons. The third-order valence-electron chi connectivity index (χ3n) is 2.77. The summed E-state index contributed by atoms with van der Waals surface area (Å²) < 4.78 is 6.43. The molecule has 2 rings (SSSR count). The van der Waals surface area contributed by atoms with Gasteiger partial charge < -0.3 is 15.0 Å². The lowest BCUT2D eigenvalue weighted by molar-refractivity contribution is 0.312. The SMILES string of the molecule is CCOc1nc(NC)nc(N(C)Cc2ccc(Br)cc2)n1. The summed E-state index contributed by atoms with van der Waals surface area (Å²) in [4.78, 5) is 14.8. The van der Waals surface area contributed by atoms with E-state index in [2.05, 4.69) is 48.3 Å². The first-order valence-corrected chi connectivity index (χ1v) is 7.44. The Hall–Kier alpha value is -1.89. The number of hydrogen-bond donors (Lipinski definition) is 1. The van der Waals surface area contributed by atoms with Crippen LogP contribution in [0.3, 0.4) is 0 Å². The second kappa shape index (κ2) is 7.21. The van der Waals surface area contributed by atoms with Crippen LogP contribution in [0.2, 0.25) is 0 Å². The fourth-order valence-corrected chi connectivity index (χ4v) is 2.02. The van der Waals surface area contributed by atoms with Crippen molar-refractivity contribution >= 4 is 27.8 Å². The van der Waals surface area contributed by atoms with Crippen LogP contribution in [0.25, 0.3) is 0 Å². The Kier molecular flexibility index (Phi) is 5.32. The molecule has 0 aliphatic carbocycles. The van der Waals surface area contributed by atoms with Crippen LogP contribution >= 0.6 is 15.9 Å². The summed E-state index contributed by atoms with van der Waals surface area (Å²) in [6.07, 6.45) is 0. The lowest BCUT2D eigenvalue weighted by Crippen LogP contribution is -2.20. The van der Waals surface area contributed by atoms with Gasteiger partial charge in [0.25, 0.3) is 0 Å². The average Bonchev–Trinajstić information content (AvgIpc) is 2.49. The van der Waals surface area contributed by atoms with E-state index in [4.69, 9.17) is 4.74 Å². The van der Waals surface area contributed by atoms with Gasteiger partial charge in [-0.15, -0.1) is 0 Å². The zero-order valence-electron chi connectivity index (χ0n) is 12.3. The first-order chi connectivity index (χ1) is 10.1. The lowest BCUT2D eigenvalue weighted by Gasteiger charge is -2.18. The fourth-order valence-electron chi connectivity index (χ4n) is 1.76. The molecule has 112 valence electrons. The topological polar surface area (TPSA) is 63.2 Å². The van der Waals surface area contributed by atoms with Crippen LogP contribution in [-0.2, 0) is 6.54 Å². The Morgan fingerprint density at radius 1 is 1.19 bits per heavy atom. The smallest absolute Gasteiger partial charge is 0.323 e. The minimum atomic E-state index is 0.328. The average molecular weight is 352 g/mol. The third kappa shape index (κ3) is 4.29. The maximum absolute atomic E-state index is 5.37. The highest BCUT2D eigenvalue weighted by Gasteiger charge is 2.11. The molecule has 1 heterocycles. The van der Waals surface area contributed by atoms with Crippen molar-refractivity contribution in [2.24, 2.45) is 0 Å². The number of halogens is 1. The number of aromatic nitrogens is 3. The van der Waals surface area contributed by atoms with E-state index in [1.807, 2.05) is 31.0 Å². The summed E-state index contributed by atoms with van der Waals surface area (Å²) in [6, 6.07) is 8.48. The second-order valence-electron chi connectivity index (χ2n) is 4.41. The van der Waals surface area contributed by atoms with Crippen molar-refractivity contribution in [3.63, 3.8) is 0 Å². The van der Waals surface area contributed by atoms with Gasteiger partial charge in [-0.05, 0) is 24.6 Å². The normalized spacial score (nSPS) is 10.3. The van der Waals surface area contributed by atoms with Gasteiger partial charge in [-0.1, -0.05) is 28.1 Å². The second-order valence-corrected chi connectivity index (χ2v) is 5.32. The molecule has 0 atom stereocenters. The molecule has 0 spiro atoms. The molecule has 2 aromatic rings. The number of ether oxygens (including phenoxy) is 1. The zero-order chi connectivity index (χ0) is 15.2. The van der Waals surface area contributed by atoms with Crippen molar-refractivity contribution in [3.8, 4) is 6.01 Å². The van der Waals surface area contributed by atoms with E-state index in [1.165, 1.54) is 5.56 Å². The zero-order valence-corrected chi connectivity index (χ0v) is 13.9. The third-order valence-corrected chi connectivity index (χ3v) is 3.30. The monoisotopic (exact) mass is 351 g/mol. The molecule has 1 aromatic heterocycles. The molecule has 0 aliphatic heterocycles. The highest BCUT2D eigenvalue weighted by molar-refractivity contribution is 9.10. The van der Waals surface area contributed by atoms with Crippen molar-refractivity contribution < 1.29 is 4.74 Å². The van der Waals surface area contributed by atoms with E-state index in [-0.39, 0.29) is 0 Å². The molecule has 0 fully saturated rings. The maximum atomic E-state index is 5.37. The fraction of sp³-hybridized carbons (Fsp3) is 0.357. The van der Waals surface area contributed by atoms with Gasteiger partial charge >= 0.3 is 6.01 Å². The Balaban J connectivity index is 2.19. The Morgan fingerprint density at radius 2 is 1.90 bits per heavy atom. The van der Waals surface area contributed by atoms with E-state index in [9.17, 15) is 0 Å². The van der Waals surface area contributed by atoms with Crippen molar-refractivity contribution in [2.45, 2.75) is 13.5 Å². The van der Waals surface area contributed by atoms with Gasteiger partial charge in [0, 0.05) is 25.1 Å². The molecule has 0 bridgehead atoms. The quantitative estimate of drug-likeness (QED) is 0.863. The predicted molar refractivity (Wildman–Crippen MR) is 86.8 cm³/mol. The van der Waals surface area contributed by atoms with Gasteiger partial charge in [-0.2, -0.15) is 15.0 Å². The van der Waals surface area contributed by atoms with E-state index in [0.717, 1.165) is 4.47 Å². The van der Waals surface area contributed by atoms with E-state index < -0.39 is 0 Å². The van der Waals surface area contributed by atoms with Crippen molar-refractivity contribution in [3.05, 3.63) is 34.3 Å². The molecule has 1 N–H and O–H groups in total. The summed E-state index contributed by atoms with van der Waals surface area (Å²) >= 11 is 3.43. The van der Waals surface area contributed by atoms with Gasteiger partial charge in [0.2, 0.25) is 11.9 Å². The molecule has 7 heteroatoms. The van der Waals surface area contributed by atoms with Crippen LogP contribution in [0.1, 0.15) is 12.5 Å². The number of anilines is 2. The number of benzene rings is 1. The van der Waals surface area contributed by atoms with Gasteiger partial charge in [0.15, 0.2) is 0 Å². The van der Waals surface area contributed by atoms with Gasteiger partial charge in [-0.3, -0.25) is 0 Å². The Morgan fingerprint density at radius 3 is 2.52 bits per heavy atom. The molecular formula is C14H18BrN5O. The van der Waals surface area contributed by atoms with Crippen molar-refractivity contribution in [2.75, 3.05) is 30.9 Å². The van der Waals surface area contributed by atoms with Crippen molar-refractivity contribution in [1.82, 2.24) is 15.0 Å². The minimum absolute atomic E-state index is 0.328. The van der Waals surface area contributed by atoms with E-state index in [0.29, 0.717) is 31.1 Å². The largest absolute Gasteiger partial charge is 0.464 e. The van der Waals surface area contributed by atoms with Crippen LogP contribution < -0.4 is 15.0 Å². The number of hydrogen-bond acceptors (Lipinski definition) is 6. The Bertz CT molecular complexity index is 590. The maximum Gasteiger partial charge on any atom is 0.323 e. The molecule has 1 aromatic carbocycles. The summed E-state index contributed by atoms with van der Waals surface area (Å²) in [5.74, 6) is 1.06. The summed E-state index contributed by atoms with van der Waals surface area (Å²) in [5.41, 5.74) is 1.17. The molecule has 0 saturated carbocycles. The first-order valence-electron chi connectivity index (χ1n) is 6.64. The van der Waals surface area contributed by atoms with Gasteiger partial charge in [0.1, 0.15) is 0 Å². The van der Waals surface area contributed by atoms with Gasteiger partial charge in [-0.25, -0.2) is 0 Å². The number of rotatable bonds is 6. The standard InChI is InChI=1S/C14H18BrN5O/c1-4-21-14-18-12(16-2)17-13(19-14)20(3)9-10-5-7-11(15)8-6-10/h5-8H,4,9H2,1-3H3,(H,16,17,18,19). The van der Waals surface area contributed by atoms with Crippen LogP contribution in [0.5, 0.6) is 6.01 Å². The summed E-state index contributed by atoms with van der Waals surface area (Å²) in [6.45, 7) is 3.11. The Labute approximate surface area is 132 Å². The van der Waals surface area contributed by atoms with Crippen LogP contribution in [0.4, 0.5) is 11.9 Å². The van der Waals surface area contributed by atoms with Crippen LogP contribution in [0, 0.1) is 0 Å². The molecular weight excluding hydrogens is 334 g/mol. The van der Waals surface area contributed by atoms with Crippen LogP contribution in [0.15, 0.2) is 28.7 Å². The van der Waals surface area contributed by atoms with Crippen LogP contribution in [-0.4, -0.2) is 35.7 Å². The first kappa shape index (κ1) is 15.5. The van der Waals surface area contributed by atoms with E-state index in [1.54, 1.807) is 7.05 Å². The summed E-state index contributed by atoms with van der Waals surface area (Å²) in [5, 5.41) is 2.92.